The number of carbonyl (C=O) groups is 1. The van der Waals surface area contributed by atoms with Crippen molar-refractivity contribution < 1.29 is 4.79 Å². The minimum atomic E-state index is 0.0249. The summed E-state index contributed by atoms with van der Waals surface area (Å²) in [5, 5.41) is 3.16. The molecule has 0 aliphatic carbocycles. The van der Waals surface area contributed by atoms with Crippen LogP contribution >= 0.6 is 0 Å². The van der Waals surface area contributed by atoms with Gasteiger partial charge in [-0.05, 0) is 45.1 Å². The van der Waals surface area contributed by atoms with E-state index in [0.29, 0.717) is 0 Å². The Balaban J connectivity index is 1.43. The van der Waals surface area contributed by atoms with Crippen molar-refractivity contribution in [3.05, 3.63) is 65.6 Å². The van der Waals surface area contributed by atoms with Crippen LogP contribution in [0.15, 0.2) is 54.4 Å². The van der Waals surface area contributed by atoms with E-state index in [4.69, 9.17) is 0 Å². The molecule has 3 rings (SSSR count). The Morgan fingerprint density at radius 1 is 1.22 bits per heavy atom. The summed E-state index contributed by atoms with van der Waals surface area (Å²) in [7, 11) is 0. The van der Waals surface area contributed by atoms with Gasteiger partial charge in [0.15, 0.2) is 0 Å². The molecular weight excluding hydrogens is 336 g/mol. The average molecular weight is 364 g/mol. The molecular formula is C22H28N4O. The van der Waals surface area contributed by atoms with Crippen LogP contribution in [0, 0.1) is 6.92 Å². The predicted molar refractivity (Wildman–Crippen MR) is 109 cm³/mol. The van der Waals surface area contributed by atoms with Crippen molar-refractivity contribution in [2.24, 2.45) is 0 Å². The number of amides is 1. The van der Waals surface area contributed by atoms with E-state index < -0.39 is 0 Å². The minimum Gasteiger partial charge on any atom is -0.356 e. The standard InChI is InChI=1S/C22H28N4O/c1-17(8-9-19-6-4-3-5-7-19)14-22(27)25-20-10-12-26(13-11-20)21-15-18(2)23-16-24-21/h3-7,14-16,20H,8-13H2,1-2H3,(H,25,27)/b17-14+. The zero-order chi connectivity index (χ0) is 19.1. The number of piperidine rings is 1. The topological polar surface area (TPSA) is 58.1 Å². The Morgan fingerprint density at radius 2 is 1.96 bits per heavy atom. The first kappa shape index (κ1) is 19.1. The second-order valence-electron chi connectivity index (χ2n) is 7.26. The first-order valence-electron chi connectivity index (χ1n) is 9.65. The van der Waals surface area contributed by atoms with E-state index in [2.05, 4.69) is 44.5 Å². The van der Waals surface area contributed by atoms with Crippen LogP contribution in [0.4, 0.5) is 5.82 Å². The summed E-state index contributed by atoms with van der Waals surface area (Å²) in [5.41, 5.74) is 3.40. The van der Waals surface area contributed by atoms with Crippen LogP contribution in [-0.2, 0) is 11.2 Å². The second-order valence-corrected chi connectivity index (χ2v) is 7.26. The average Bonchev–Trinajstić information content (AvgIpc) is 2.68. The fraction of sp³-hybridized carbons (Fsp3) is 0.409. The number of rotatable bonds is 6. The monoisotopic (exact) mass is 364 g/mol. The maximum Gasteiger partial charge on any atom is 0.244 e. The van der Waals surface area contributed by atoms with Gasteiger partial charge in [0.1, 0.15) is 12.1 Å². The molecule has 1 aliphatic heterocycles. The molecule has 0 saturated carbocycles. The Kier molecular flexibility index (Phi) is 6.58. The lowest BCUT2D eigenvalue weighted by Gasteiger charge is -2.33. The molecule has 0 bridgehead atoms. The van der Waals surface area contributed by atoms with Gasteiger partial charge >= 0.3 is 0 Å². The number of hydrogen-bond acceptors (Lipinski definition) is 4. The fourth-order valence-corrected chi connectivity index (χ4v) is 3.39. The van der Waals surface area contributed by atoms with Crippen LogP contribution in [0.1, 0.15) is 37.4 Å². The highest BCUT2D eigenvalue weighted by Crippen LogP contribution is 2.18. The number of aryl methyl sites for hydroxylation is 2. The Labute approximate surface area is 161 Å². The van der Waals surface area contributed by atoms with E-state index in [0.717, 1.165) is 55.9 Å². The van der Waals surface area contributed by atoms with Gasteiger partial charge < -0.3 is 10.2 Å². The third kappa shape index (κ3) is 5.91. The number of allylic oxidation sites excluding steroid dienone is 1. The minimum absolute atomic E-state index is 0.0249. The fourth-order valence-electron chi connectivity index (χ4n) is 3.39. The molecule has 5 nitrogen and oxygen atoms in total. The van der Waals surface area contributed by atoms with Gasteiger partial charge in [0.2, 0.25) is 5.91 Å². The summed E-state index contributed by atoms with van der Waals surface area (Å²) in [6, 6.07) is 12.6. The third-order valence-electron chi connectivity index (χ3n) is 4.98. The molecule has 5 heteroatoms. The molecule has 1 aliphatic rings. The molecule has 1 saturated heterocycles. The van der Waals surface area contributed by atoms with Crippen molar-refractivity contribution in [1.29, 1.82) is 0 Å². The molecule has 0 unspecified atom stereocenters. The first-order valence-corrected chi connectivity index (χ1v) is 9.65. The maximum absolute atomic E-state index is 12.3. The van der Waals surface area contributed by atoms with Crippen LogP contribution in [0.5, 0.6) is 0 Å². The molecule has 0 spiro atoms. The van der Waals surface area contributed by atoms with Gasteiger partial charge in [-0.15, -0.1) is 0 Å². The highest BCUT2D eigenvalue weighted by atomic mass is 16.1. The molecule has 142 valence electrons. The molecule has 2 heterocycles. The van der Waals surface area contributed by atoms with Crippen molar-refractivity contribution in [1.82, 2.24) is 15.3 Å². The van der Waals surface area contributed by atoms with Gasteiger partial charge in [-0.3, -0.25) is 4.79 Å². The number of aromatic nitrogens is 2. The van der Waals surface area contributed by atoms with Gasteiger partial charge in [0.25, 0.3) is 0 Å². The van der Waals surface area contributed by atoms with Gasteiger partial charge in [-0.1, -0.05) is 35.9 Å². The number of anilines is 1. The zero-order valence-corrected chi connectivity index (χ0v) is 16.2. The molecule has 0 atom stereocenters. The normalized spacial score (nSPS) is 15.6. The van der Waals surface area contributed by atoms with Crippen LogP contribution in [0.3, 0.4) is 0 Å². The summed E-state index contributed by atoms with van der Waals surface area (Å²) in [4.78, 5) is 23.1. The number of carbonyl (C=O) groups excluding carboxylic acids is 1. The summed E-state index contributed by atoms with van der Waals surface area (Å²) in [5.74, 6) is 1.00. The van der Waals surface area contributed by atoms with E-state index in [-0.39, 0.29) is 11.9 Å². The number of nitrogens with zero attached hydrogens (tertiary/aromatic N) is 3. The highest BCUT2D eigenvalue weighted by Gasteiger charge is 2.21. The van der Waals surface area contributed by atoms with E-state index in [1.807, 2.05) is 26.0 Å². The summed E-state index contributed by atoms with van der Waals surface area (Å²) < 4.78 is 0. The molecule has 2 aromatic rings. The van der Waals surface area contributed by atoms with Gasteiger partial charge in [-0.2, -0.15) is 0 Å². The smallest absolute Gasteiger partial charge is 0.244 e. The number of nitrogens with one attached hydrogen (secondary N) is 1. The summed E-state index contributed by atoms with van der Waals surface area (Å²) >= 11 is 0. The van der Waals surface area contributed by atoms with Crippen molar-refractivity contribution in [3.63, 3.8) is 0 Å². The molecule has 1 amide bonds. The van der Waals surface area contributed by atoms with Crippen LogP contribution in [-0.4, -0.2) is 35.0 Å². The lowest BCUT2D eigenvalue weighted by molar-refractivity contribution is -0.117. The third-order valence-corrected chi connectivity index (χ3v) is 4.98. The maximum atomic E-state index is 12.3. The van der Waals surface area contributed by atoms with Crippen molar-refractivity contribution in [3.8, 4) is 0 Å². The van der Waals surface area contributed by atoms with Gasteiger partial charge in [0.05, 0.1) is 0 Å². The van der Waals surface area contributed by atoms with Crippen molar-refractivity contribution >= 4 is 11.7 Å². The van der Waals surface area contributed by atoms with E-state index in [1.165, 1.54) is 5.56 Å². The van der Waals surface area contributed by atoms with E-state index in [9.17, 15) is 4.79 Å². The Bertz CT molecular complexity index is 780. The summed E-state index contributed by atoms with van der Waals surface area (Å²) in [6.07, 6.45) is 7.11. The van der Waals surface area contributed by atoms with Crippen LogP contribution in [0.2, 0.25) is 0 Å². The number of benzene rings is 1. The van der Waals surface area contributed by atoms with E-state index >= 15 is 0 Å². The molecule has 1 aromatic heterocycles. The molecule has 1 fully saturated rings. The highest BCUT2D eigenvalue weighted by molar-refractivity contribution is 5.88. The van der Waals surface area contributed by atoms with Crippen molar-refractivity contribution in [2.75, 3.05) is 18.0 Å². The molecule has 1 N–H and O–H groups in total. The lowest BCUT2D eigenvalue weighted by atomic mass is 10.0. The Hall–Kier alpha value is -2.69. The largest absolute Gasteiger partial charge is 0.356 e. The summed E-state index contributed by atoms with van der Waals surface area (Å²) in [6.45, 7) is 5.81. The molecule has 0 radical (unpaired) electrons. The zero-order valence-electron chi connectivity index (χ0n) is 16.2. The number of hydrogen-bond donors (Lipinski definition) is 1. The van der Waals surface area contributed by atoms with Crippen LogP contribution in [0.25, 0.3) is 0 Å². The van der Waals surface area contributed by atoms with Gasteiger partial charge in [0, 0.05) is 37.0 Å². The predicted octanol–water partition coefficient (Wildman–Crippen LogP) is 3.45. The molecule has 27 heavy (non-hydrogen) atoms. The quantitative estimate of drug-likeness (QED) is 0.798. The van der Waals surface area contributed by atoms with Crippen LogP contribution < -0.4 is 10.2 Å². The second kappa shape index (κ2) is 9.31. The Morgan fingerprint density at radius 3 is 2.67 bits per heavy atom. The SMILES string of the molecule is C/C(=C\C(=O)NC1CCN(c2cc(C)ncn2)CC1)CCc1ccccc1. The van der Waals surface area contributed by atoms with Gasteiger partial charge in [-0.25, -0.2) is 9.97 Å². The van der Waals surface area contributed by atoms with E-state index in [1.54, 1.807) is 12.4 Å². The molecule has 1 aromatic carbocycles. The first-order chi connectivity index (χ1) is 13.1. The van der Waals surface area contributed by atoms with Crippen molar-refractivity contribution in [2.45, 2.75) is 45.6 Å². The lowest BCUT2D eigenvalue weighted by Crippen LogP contribution is -2.44.